The fraction of sp³-hybridized carbons (Fsp3) is 0.579. The second-order valence-corrected chi connectivity index (χ2v) is 9.48. The van der Waals surface area contributed by atoms with Gasteiger partial charge in [0.25, 0.3) is 0 Å². The summed E-state index contributed by atoms with van der Waals surface area (Å²) in [5.41, 5.74) is -0.171. The molecule has 4 aliphatic rings. The van der Waals surface area contributed by atoms with E-state index < -0.39 is 17.7 Å². The first-order chi connectivity index (χ1) is 13.5. The van der Waals surface area contributed by atoms with E-state index in [1.165, 1.54) is 30.6 Å². The molecule has 0 radical (unpaired) electrons. The average Bonchev–Trinajstić information content (AvgIpc) is 3.23. The van der Waals surface area contributed by atoms with Crippen LogP contribution in [-0.4, -0.2) is 27.2 Å². The monoisotopic (exact) mass is 402 g/mol. The number of nitrogens with one attached hydrogen (secondary N) is 2. The smallest absolute Gasteiger partial charge is 0.332 e. The lowest BCUT2D eigenvalue weighted by Gasteiger charge is -2.56. The summed E-state index contributed by atoms with van der Waals surface area (Å²) in [5, 5.41) is 11.1. The van der Waals surface area contributed by atoms with Gasteiger partial charge in [0.15, 0.2) is 5.82 Å². The number of urea groups is 1. The number of rotatable bonds is 4. The molecule has 4 bridgehead atoms. The molecule has 4 fully saturated rings. The van der Waals surface area contributed by atoms with E-state index in [4.69, 9.17) is 4.52 Å². The molecule has 4 saturated carbocycles. The lowest BCUT2D eigenvalue weighted by molar-refractivity contribution is -0.120. The largest absolute Gasteiger partial charge is 0.442 e. The Hall–Kier alpha value is -2.42. The predicted octanol–water partition coefficient (Wildman–Crippen LogP) is 2.36. The zero-order chi connectivity index (χ0) is 19.3. The Kier molecular flexibility index (Phi) is 4.15. The third-order valence-corrected chi connectivity index (χ3v) is 7.27. The number of nitrogens with zero attached hydrogens (tertiary/aromatic N) is 2. The van der Waals surface area contributed by atoms with E-state index in [1.807, 2.05) is 11.4 Å². The molecular formula is C19H22N4O4S. The Morgan fingerprint density at radius 3 is 2.50 bits per heavy atom. The van der Waals surface area contributed by atoms with Crippen LogP contribution in [0.25, 0.3) is 10.7 Å². The molecule has 3 amide bonds. The summed E-state index contributed by atoms with van der Waals surface area (Å²) in [7, 11) is 0. The zero-order valence-corrected chi connectivity index (χ0v) is 16.2. The summed E-state index contributed by atoms with van der Waals surface area (Å²) in [5.74, 6) is 1.10. The Bertz CT molecular complexity index is 926. The highest BCUT2D eigenvalue weighted by molar-refractivity contribution is 7.13. The van der Waals surface area contributed by atoms with Crippen LogP contribution in [0.3, 0.4) is 0 Å². The number of aromatic nitrogens is 2. The number of carbonyl (C=O) groups excluding carboxylic acids is 2. The molecule has 6 rings (SSSR count). The molecule has 0 unspecified atom stereocenters. The molecule has 0 aliphatic heterocycles. The molecule has 8 nitrogen and oxygen atoms in total. The highest BCUT2D eigenvalue weighted by Gasteiger charge is 2.51. The van der Waals surface area contributed by atoms with Gasteiger partial charge < -0.3 is 5.32 Å². The molecule has 148 valence electrons. The Morgan fingerprint density at radius 2 is 1.89 bits per heavy atom. The van der Waals surface area contributed by atoms with Crippen LogP contribution >= 0.6 is 11.3 Å². The Morgan fingerprint density at radius 1 is 1.21 bits per heavy atom. The van der Waals surface area contributed by atoms with Gasteiger partial charge in [-0.15, -0.1) is 11.3 Å². The summed E-state index contributed by atoms with van der Waals surface area (Å²) < 4.78 is 5.84. The normalized spacial score (nSPS) is 30.4. The Balaban J connectivity index is 1.24. The highest BCUT2D eigenvalue weighted by Crippen LogP contribution is 2.55. The Labute approximate surface area is 165 Å². The van der Waals surface area contributed by atoms with Crippen molar-refractivity contribution in [2.75, 3.05) is 0 Å². The van der Waals surface area contributed by atoms with Crippen LogP contribution in [0.5, 0.6) is 0 Å². The van der Waals surface area contributed by atoms with Crippen LogP contribution in [-0.2, 0) is 11.3 Å². The van der Waals surface area contributed by atoms with Crippen LogP contribution in [0, 0.1) is 17.8 Å². The molecule has 2 N–H and O–H groups in total. The third-order valence-electron chi connectivity index (χ3n) is 6.40. The fourth-order valence-corrected chi connectivity index (χ4v) is 6.55. The fourth-order valence-electron chi connectivity index (χ4n) is 5.84. The van der Waals surface area contributed by atoms with Crippen molar-refractivity contribution in [1.82, 2.24) is 20.4 Å². The minimum atomic E-state index is -0.722. The summed E-state index contributed by atoms with van der Waals surface area (Å²) >= 11 is 1.39. The van der Waals surface area contributed by atoms with E-state index in [1.54, 1.807) is 6.07 Å². The maximum Gasteiger partial charge on any atom is 0.442 e. The van der Waals surface area contributed by atoms with Crippen molar-refractivity contribution in [3.63, 3.8) is 0 Å². The predicted molar refractivity (Wildman–Crippen MR) is 102 cm³/mol. The lowest BCUT2D eigenvalue weighted by atomic mass is 9.53. The van der Waals surface area contributed by atoms with Gasteiger partial charge in [-0.3, -0.25) is 14.6 Å². The molecule has 0 spiro atoms. The molecule has 2 heterocycles. The third kappa shape index (κ3) is 3.17. The van der Waals surface area contributed by atoms with Crippen LogP contribution in [0.2, 0.25) is 0 Å². The van der Waals surface area contributed by atoms with Gasteiger partial charge in [-0.25, -0.2) is 14.2 Å². The first-order valence-corrected chi connectivity index (χ1v) is 10.6. The first kappa shape index (κ1) is 17.7. The molecule has 0 aromatic carbocycles. The van der Waals surface area contributed by atoms with E-state index in [0.29, 0.717) is 17.8 Å². The van der Waals surface area contributed by atoms with Gasteiger partial charge in [0.05, 0.1) is 4.88 Å². The summed E-state index contributed by atoms with van der Waals surface area (Å²) in [6, 6.07) is 3.13. The van der Waals surface area contributed by atoms with Crippen molar-refractivity contribution in [2.45, 2.75) is 50.6 Å². The van der Waals surface area contributed by atoms with Gasteiger partial charge in [0.1, 0.15) is 6.54 Å². The van der Waals surface area contributed by atoms with Crippen LogP contribution < -0.4 is 16.4 Å². The van der Waals surface area contributed by atoms with Crippen molar-refractivity contribution in [2.24, 2.45) is 17.8 Å². The maximum atomic E-state index is 12.5. The van der Waals surface area contributed by atoms with Gasteiger partial charge >= 0.3 is 11.8 Å². The number of hydrogen-bond acceptors (Lipinski definition) is 6. The first-order valence-electron chi connectivity index (χ1n) is 9.72. The van der Waals surface area contributed by atoms with Crippen LogP contribution in [0.1, 0.15) is 38.5 Å². The zero-order valence-electron chi connectivity index (χ0n) is 15.3. The maximum absolute atomic E-state index is 12.5. The van der Waals surface area contributed by atoms with Gasteiger partial charge in [-0.2, -0.15) is 0 Å². The van der Waals surface area contributed by atoms with E-state index in [9.17, 15) is 14.4 Å². The molecule has 0 saturated heterocycles. The molecule has 28 heavy (non-hydrogen) atoms. The highest BCUT2D eigenvalue weighted by atomic mass is 32.1. The van der Waals surface area contributed by atoms with Crippen molar-refractivity contribution in [3.8, 4) is 10.7 Å². The van der Waals surface area contributed by atoms with E-state index in [2.05, 4.69) is 15.8 Å². The van der Waals surface area contributed by atoms with Crippen molar-refractivity contribution < 1.29 is 14.1 Å². The van der Waals surface area contributed by atoms with Gasteiger partial charge in [-0.1, -0.05) is 11.2 Å². The van der Waals surface area contributed by atoms with Gasteiger partial charge in [0.2, 0.25) is 5.91 Å². The van der Waals surface area contributed by atoms with Crippen molar-refractivity contribution >= 4 is 23.3 Å². The van der Waals surface area contributed by atoms with Crippen LogP contribution in [0.4, 0.5) is 4.79 Å². The number of imide groups is 1. The van der Waals surface area contributed by atoms with Crippen molar-refractivity contribution in [3.05, 3.63) is 28.1 Å². The van der Waals surface area contributed by atoms with Gasteiger partial charge in [-0.05, 0) is 67.7 Å². The molecule has 4 aliphatic carbocycles. The SMILES string of the molecule is O=C(Cn1c(-c2cccs2)noc1=O)NC(=O)NC12CC3CC(CC(C3)C1)C2. The van der Waals surface area contributed by atoms with E-state index in [-0.39, 0.29) is 17.9 Å². The standard InChI is InChI=1S/C19H22N4O4S/c24-15(10-23-16(22-27-18(23)26)14-2-1-3-28-14)20-17(25)21-19-7-11-4-12(8-19)6-13(5-11)9-19/h1-3,11-13H,4-10H2,(H2,20,21,24,25). The lowest BCUT2D eigenvalue weighted by Crippen LogP contribution is -2.62. The average molecular weight is 402 g/mol. The van der Waals surface area contributed by atoms with Gasteiger partial charge in [0, 0.05) is 5.54 Å². The second-order valence-electron chi connectivity index (χ2n) is 8.54. The molecular weight excluding hydrogens is 380 g/mol. The number of carbonyl (C=O) groups is 2. The van der Waals surface area contributed by atoms with E-state index >= 15 is 0 Å². The summed E-state index contributed by atoms with van der Waals surface area (Å²) in [6.07, 6.45) is 6.87. The van der Waals surface area contributed by atoms with E-state index in [0.717, 1.165) is 28.7 Å². The number of amides is 3. The molecule has 9 heteroatoms. The molecule has 2 aromatic heterocycles. The number of thiophene rings is 1. The van der Waals surface area contributed by atoms with Crippen LogP contribution in [0.15, 0.2) is 26.8 Å². The minimum Gasteiger partial charge on any atom is -0.332 e. The minimum absolute atomic E-state index is 0.171. The topological polar surface area (TPSA) is 106 Å². The molecule has 0 atom stereocenters. The van der Waals surface area contributed by atoms with Crippen molar-refractivity contribution in [1.29, 1.82) is 0 Å². The summed E-state index contributed by atoms with van der Waals surface area (Å²) in [6.45, 7) is -0.316. The quantitative estimate of drug-likeness (QED) is 0.817. The molecule has 2 aromatic rings. The summed E-state index contributed by atoms with van der Waals surface area (Å²) in [4.78, 5) is 37.5. The number of hydrogen-bond donors (Lipinski definition) is 2. The second kappa shape index (κ2) is 6.58.